The Kier molecular flexibility index (Phi) is 2.89. The van der Waals surface area contributed by atoms with E-state index in [4.69, 9.17) is 5.11 Å². The Morgan fingerprint density at radius 3 is 2.65 bits per heavy atom. The molecule has 0 aliphatic rings. The Morgan fingerprint density at radius 1 is 1.35 bits per heavy atom. The van der Waals surface area contributed by atoms with E-state index in [9.17, 15) is 9.59 Å². The van der Waals surface area contributed by atoms with Gasteiger partial charge in [-0.25, -0.2) is 14.2 Å². The van der Waals surface area contributed by atoms with E-state index in [1.54, 1.807) is 18.2 Å². The number of aromatic carboxylic acids is 1. The second-order valence-electron chi connectivity index (χ2n) is 3.34. The first-order valence-electron chi connectivity index (χ1n) is 4.67. The fourth-order valence-corrected chi connectivity index (χ4v) is 1.97. The molecule has 0 unspecified atom stereocenters. The number of ether oxygens (including phenoxy) is 1. The maximum absolute atomic E-state index is 11.6. The van der Waals surface area contributed by atoms with Crippen LogP contribution in [0.25, 0.3) is 10.9 Å². The molecule has 1 N–H and O–H groups in total. The molecule has 0 saturated carbocycles. The second-order valence-corrected chi connectivity index (χ2v) is 4.26. The van der Waals surface area contributed by atoms with Crippen LogP contribution in [0.2, 0.25) is 0 Å². The summed E-state index contributed by atoms with van der Waals surface area (Å²) in [7, 11) is 1.21. The number of nitrogens with zero attached hydrogens (tertiary/aromatic N) is 1. The van der Waals surface area contributed by atoms with Gasteiger partial charge in [0.25, 0.3) is 0 Å². The zero-order valence-electron chi connectivity index (χ0n) is 8.81. The lowest BCUT2D eigenvalue weighted by molar-refractivity contribution is 0.0683. The summed E-state index contributed by atoms with van der Waals surface area (Å²) >= 11 is 3.27. The normalized spacial score (nSPS) is 10.5. The van der Waals surface area contributed by atoms with Gasteiger partial charge in [-0.3, -0.25) is 0 Å². The molecule has 1 aromatic carbocycles. The molecule has 5 nitrogen and oxygen atoms in total. The Labute approximate surface area is 105 Å². The van der Waals surface area contributed by atoms with E-state index in [2.05, 4.69) is 20.7 Å². The highest BCUT2D eigenvalue weighted by Gasteiger charge is 2.20. The Morgan fingerprint density at radius 2 is 2.06 bits per heavy atom. The summed E-state index contributed by atoms with van der Waals surface area (Å²) in [6.07, 6.45) is -0.726. The Balaban J connectivity index is 2.82. The molecule has 0 spiro atoms. The average molecular weight is 298 g/mol. The number of benzene rings is 1. The number of carbonyl (C=O) groups is 2. The number of aromatic nitrogens is 1. The van der Waals surface area contributed by atoms with Crippen LogP contribution >= 0.6 is 15.9 Å². The van der Waals surface area contributed by atoms with Gasteiger partial charge in [-0.05, 0) is 18.2 Å². The molecule has 6 heteroatoms. The molecule has 0 atom stereocenters. The van der Waals surface area contributed by atoms with Gasteiger partial charge in [-0.1, -0.05) is 22.0 Å². The highest BCUT2D eigenvalue weighted by molar-refractivity contribution is 9.10. The number of fused-ring (bicyclic) bond motifs is 1. The summed E-state index contributed by atoms with van der Waals surface area (Å²) in [4.78, 5) is 22.6. The van der Waals surface area contributed by atoms with Crippen molar-refractivity contribution in [1.82, 2.24) is 4.57 Å². The van der Waals surface area contributed by atoms with Crippen molar-refractivity contribution in [2.75, 3.05) is 7.11 Å². The van der Waals surface area contributed by atoms with Gasteiger partial charge < -0.3 is 9.84 Å². The maximum Gasteiger partial charge on any atom is 0.418 e. The number of carboxylic acid groups (broad SMARTS) is 1. The molecule has 17 heavy (non-hydrogen) atoms. The lowest BCUT2D eigenvalue weighted by atomic mass is 10.2. The van der Waals surface area contributed by atoms with Gasteiger partial charge in [-0.2, -0.15) is 0 Å². The molecular weight excluding hydrogens is 290 g/mol. The van der Waals surface area contributed by atoms with Crippen LogP contribution in [0, 0.1) is 0 Å². The summed E-state index contributed by atoms with van der Waals surface area (Å²) in [6.45, 7) is 0. The molecule has 0 bridgehead atoms. The minimum Gasteiger partial charge on any atom is -0.477 e. The van der Waals surface area contributed by atoms with Crippen LogP contribution in [-0.4, -0.2) is 28.8 Å². The van der Waals surface area contributed by atoms with Crippen LogP contribution in [0.1, 0.15) is 10.5 Å². The minimum atomic E-state index is -1.18. The van der Waals surface area contributed by atoms with Gasteiger partial charge in [0.05, 0.1) is 12.6 Å². The van der Waals surface area contributed by atoms with Crippen LogP contribution in [-0.2, 0) is 4.74 Å². The van der Waals surface area contributed by atoms with Crippen LogP contribution in [0.15, 0.2) is 28.7 Å². The number of methoxy groups -OCH3 is 1. The van der Waals surface area contributed by atoms with Crippen LogP contribution < -0.4 is 0 Å². The zero-order valence-corrected chi connectivity index (χ0v) is 10.4. The molecule has 0 amide bonds. The molecule has 0 fully saturated rings. The van der Waals surface area contributed by atoms with Gasteiger partial charge in [0.2, 0.25) is 0 Å². The van der Waals surface area contributed by atoms with E-state index in [1.165, 1.54) is 13.2 Å². The number of halogens is 1. The molecule has 0 radical (unpaired) electrons. The van der Waals surface area contributed by atoms with Crippen molar-refractivity contribution in [2.45, 2.75) is 0 Å². The van der Waals surface area contributed by atoms with Crippen LogP contribution in [0.3, 0.4) is 0 Å². The zero-order chi connectivity index (χ0) is 12.6. The first kappa shape index (κ1) is 11.7. The average Bonchev–Trinajstić information content (AvgIpc) is 2.66. The maximum atomic E-state index is 11.6. The first-order valence-corrected chi connectivity index (χ1v) is 5.46. The topological polar surface area (TPSA) is 68.5 Å². The van der Waals surface area contributed by atoms with Gasteiger partial charge in [-0.15, -0.1) is 0 Å². The van der Waals surface area contributed by atoms with E-state index in [0.717, 1.165) is 9.04 Å². The third-order valence-electron chi connectivity index (χ3n) is 2.34. The Hall–Kier alpha value is -1.82. The van der Waals surface area contributed by atoms with E-state index >= 15 is 0 Å². The lowest BCUT2D eigenvalue weighted by Crippen LogP contribution is -2.17. The molecule has 0 saturated heterocycles. The van der Waals surface area contributed by atoms with Crippen molar-refractivity contribution in [3.05, 3.63) is 34.4 Å². The van der Waals surface area contributed by atoms with Crippen molar-refractivity contribution in [3.8, 4) is 0 Å². The molecular formula is C11H8BrNO4. The summed E-state index contributed by atoms with van der Waals surface area (Å²) in [5, 5.41) is 9.70. The van der Waals surface area contributed by atoms with Gasteiger partial charge >= 0.3 is 12.1 Å². The predicted octanol–water partition coefficient (Wildman–Crippen LogP) is 2.72. The van der Waals surface area contributed by atoms with E-state index in [-0.39, 0.29) is 5.69 Å². The summed E-state index contributed by atoms with van der Waals surface area (Å²) in [6, 6.07) is 6.60. The van der Waals surface area contributed by atoms with Gasteiger partial charge in [0.1, 0.15) is 5.69 Å². The molecule has 0 aliphatic heterocycles. The quantitative estimate of drug-likeness (QED) is 0.879. The van der Waals surface area contributed by atoms with Crippen LogP contribution in [0.5, 0.6) is 0 Å². The highest BCUT2D eigenvalue weighted by Crippen LogP contribution is 2.24. The number of carboxylic acids is 1. The molecule has 1 aromatic heterocycles. The lowest BCUT2D eigenvalue weighted by Gasteiger charge is -2.04. The molecule has 2 aromatic rings. The largest absolute Gasteiger partial charge is 0.477 e. The molecule has 2 rings (SSSR count). The SMILES string of the molecule is COC(=O)n1c(C(=O)O)cc2ccc(Br)cc21. The minimum absolute atomic E-state index is 0.120. The smallest absolute Gasteiger partial charge is 0.418 e. The standard InChI is InChI=1S/C11H8BrNO4/c1-17-11(16)13-8-5-7(12)3-2-6(8)4-9(13)10(14)15/h2-5H,1H3,(H,14,15). The van der Waals surface area contributed by atoms with E-state index in [1.807, 2.05) is 0 Å². The van der Waals surface area contributed by atoms with E-state index < -0.39 is 12.1 Å². The molecule has 0 aliphatic carbocycles. The van der Waals surface area contributed by atoms with Crippen molar-refractivity contribution in [3.63, 3.8) is 0 Å². The molecule has 88 valence electrons. The third-order valence-corrected chi connectivity index (χ3v) is 2.84. The number of hydrogen-bond donors (Lipinski definition) is 1. The predicted molar refractivity (Wildman–Crippen MR) is 64.4 cm³/mol. The van der Waals surface area contributed by atoms with Crippen molar-refractivity contribution in [2.24, 2.45) is 0 Å². The summed E-state index contributed by atoms with van der Waals surface area (Å²) in [5.74, 6) is -1.18. The third kappa shape index (κ3) is 1.91. The summed E-state index contributed by atoms with van der Waals surface area (Å²) in [5.41, 5.74) is 0.369. The monoisotopic (exact) mass is 297 g/mol. The summed E-state index contributed by atoms with van der Waals surface area (Å²) < 4.78 is 6.36. The molecule has 1 heterocycles. The van der Waals surface area contributed by atoms with Crippen molar-refractivity contribution >= 4 is 38.9 Å². The van der Waals surface area contributed by atoms with Crippen molar-refractivity contribution in [1.29, 1.82) is 0 Å². The Bertz CT molecular complexity index is 617. The van der Waals surface area contributed by atoms with Gasteiger partial charge in [0, 0.05) is 9.86 Å². The van der Waals surface area contributed by atoms with Crippen molar-refractivity contribution < 1.29 is 19.4 Å². The van der Waals surface area contributed by atoms with E-state index in [0.29, 0.717) is 10.9 Å². The van der Waals surface area contributed by atoms with Gasteiger partial charge in [0.15, 0.2) is 0 Å². The fourth-order valence-electron chi connectivity index (χ4n) is 1.62. The van der Waals surface area contributed by atoms with Crippen LogP contribution in [0.4, 0.5) is 4.79 Å². The number of rotatable bonds is 1. The highest BCUT2D eigenvalue weighted by atomic mass is 79.9. The second kappa shape index (κ2) is 4.21. The first-order chi connectivity index (χ1) is 8.04. The fraction of sp³-hybridized carbons (Fsp3) is 0.0909. The number of carbonyl (C=O) groups excluding carboxylic acids is 1. The number of hydrogen-bond acceptors (Lipinski definition) is 3.